The molecule has 0 bridgehead atoms. The van der Waals surface area contributed by atoms with E-state index < -0.39 is 0 Å². The maximum absolute atomic E-state index is 2.33. The van der Waals surface area contributed by atoms with E-state index in [0.29, 0.717) is 0 Å². The molecule has 1 fully saturated rings. The molecule has 0 nitrogen and oxygen atoms in total. The van der Waals surface area contributed by atoms with E-state index in [1.165, 1.54) is 18.6 Å². The van der Waals surface area contributed by atoms with Crippen LogP contribution in [0.5, 0.6) is 0 Å². The van der Waals surface area contributed by atoms with Crippen LogP contribution in [0.3, 0.4) is 0 Å². The van der Waals surface area contributed by atoms with Gasteiger partial charge in [0.25, 0.3) is 0 Å². The van der Waals surface area contributed by atoms with E-state index in [2.05, 4.69) is 36.0 Å². The molecule has 1 heterocycles. The van der Waals surface area contributed by atoms with Gasteiger partial charge in [-0.3, -0.25) is 0 Å². The van der Waals surface area contributed by atoms with E-state index in [0.717, 1.165) is 11.2 Å². The van der Waals surface area contributed by atoms with E-state index >= 15 is 0 Å². The van der Waals surface area contributed by atoms with E-state index in [1.807, 2.05) is 0 Å². The monoisotopic (exact) mass is 176 g/mol. The van der Waals surface area contributed by atoms with Gasteiger partial charge in [0.1, 0.15) is 0 Å². The summed E-state index contributed by atoms with van der Waals surface area (Å²) in [4.78, 5) is 0. The molecule has 2 unspecified atom stereocenters. The van der Waals surface area contributed by atoms with Gasteiger partial charge in [-0.1, -0.05) is 24.3 Å². The SMILES string of the molecule is c1ccc2c(c1)CC1SCCC21. The second-order valence-electron chi connectivity index (χ2n) is 3.71. The summed E-state index contributed by atoms with van der Waals surface area (Å²) in [5, 5.41) is 0.919. The van der Waals surface area contributed by atoms with E-state index in [4.69, 9.17) is 0 Å². The Hall–Kier alpha value is -0.430. The van der Waals surface area contributed by atoms with Gasteiger partial charge >= 0.3 is 0 Å². The van der Waals surface area contributed by atoms with Crippen molar-refractivity contribution in [2.24, 2.45) is 0 Å². The van der Waals surface area contributed by atoms with E-state index in [1.54, 1.807) is 11.1 Å². The van der Waals surface area contributed by atoms with Crippen molar-refractivity contribution < 1.29 is 0 Å². The lowest BCUT2D eigenvalue weighted by Crippen LogP contribution is -2.01. The molecule has 0 N–H and O–H groups in total. The predicted molar refractivity (Wildman–Crippen MR) is 53.8 cm³/mol. The second-order valence-corrected chi connectivity index (χ2v) is 5.05. The molecule has 1 aromatic rings. The lowest BCUT2D eigenvalue weighted by molar-refractivity contribution is 0.711. The molecule has 0 aromatic heterocycles. The summed E-state index contributed by atoms with van der Waals surface area (Å²) < 4.78 is 0. The lowest BCUT2D eigenvalue weighted by atomic mass is 9.99. The third kappa shape index (κ3) is 0.861. The van der Waals surface area contributed by atoms with Crippen molar-refractivity contribution in [1.29, 1.82) is 0 Å². The Labute approximate surface area is 77.4 Å². The Balaban J connectivity index is 2.09. The van der Waals surface area contributed by atoms with Crippen LogP contribution in [0, 0.1) is 0 Å². The average Bonchev–Trinajstić information content (AvgIpc) is 2.62. The van der Waals surface area contributed by atoms with Crippen molar-refractivity contribution in [3.05, 3.63) is 35.4 Å². The third-order valence-corrected chi connectivity index (χ3v) is 4.48. The van der Waals surface area contributed by atoms with Crippen LogP contribution in [0.15, 0.2) is 24.3 Å². The number of thioether (sulfide) groups is 1. The number of hydrogen-bond donors (Lipinski definition) is 0. The number of fused-ring (bicyclic) bond motifs is 3. The quantitative estimate of drug-likeness (QED) is 0.585. The van der Waals surface area contributed by atoms with Crippen LogP contribution < -0.4 is 0 Å². The van der Waals surface area contributed by atoms with Gasteiger partial charge in [-0.15, -0.1) is 0 Å². The Kier molecular flexibility index (Phi) is 1.48. The first-order chi connectivity index (χ1) is 5.95. The van der Waals surface area contributed by atoms with E-state index in [9.17, 15) is 0 Å². The zero-order valence-corrected chi connectivity index (χ0v) is 7.81. The van der Waals surface area contributed by atoms with Crippen LogP contribution >= 0.6 is 11.8 Å². The molecule has 0 spiro atoms. The first-order valence-corrected chi connectivity index (χ1v) is 5.69. The van der Waals surface area contributed by atoms with Gasteiger partial charge in [0, 0.05) is 5.25 Å². The minimum absolute atomic E-state index is 0.895. The molecule has 1 aliphatic heterocycles. The topological polar surface area (TPSA) is 0 Å². The molecule has 1 saturated heterocycles. The highest BCUT2D eigenvalue weighted by molar-refractivity contribution is 8.00. The highest BCUT2D eigenvalue weighted by Crippen LogP contribution is 2.47. The first kappa shape index (κ1) is 7.02. The van der Waals surface area contributed by atoms with Gasteiger partial charge in [-0.25, -0.2) is 0 Å². The molecule has 3 rings (SSSR count). The van der Waals surface area contributed by atoms with Crippen LogP contribution in [-0.2, 0) is 6.42 Å². The fourth-order valence-corrected chi connectivity index (χ4v) is 4.01. The van der Waals surface area contributed by atoms with Crippen LogP contribution in [-0.4, -0.2) is 11.0 Å². The minimum atomic E-state index is 0.895. The van der Waals surface area contributed by atoms with Gasteiger partial charge in [0.2, 0.25) is 0 Å². The van der Waals surface area contributed by atoms with Crippen LogP contribution in [0.25, 0.3) is 0 Å². The van der Waals surface area contributed by atoms with Crippen molar-refractivity contribution in [2.45, 2.75) is 24.0 Å². The molecule has 12 heavy (non-hydrogen) atoms. The van der Waals surface area contributed by atoms with Crippen molar-refractivity contribution in [1.82, 2.24) is 0 Å². The standard InChI is InChI=1S/C11H12S/c1-2-4-9-8(3-1)7-11-10(9)5-6-12-11/h1-4,10-11H,5-7H2. The number of benzene rings is 1. The van der Waals surface area contributed by atoms with Crippen molar-refractivity contribution in [3.63, 3.8) is 0 Å². The zero-order valence-electron chi connectivity index (χ0n) is 6.99. The van der Waals surface area contributed by atoms with E-state index in [-0.39, 0.29) is 0 Å². The Morgan fingerprint density at radius 2 is 2.17 bits per heavy atom. The smallest absolute Gasteiger partial charge is 0.0157 e. The summed E-state index contributed by atoms with van der Waals surface area (Å²) in [5.74, 6) is 2.27. The molecule has 1 aliphatic carbocycles. The first-order valence-electron chi connectivity index (χ1n) is 4.64. The zero-order chi connectivity index (χ0) is 7.97. The van der Waals surface area contributed by atoms with Gasteiger partial charge in [0.15, 0.2) is 0 Å². The second kappa shape index (κ2) is 2.53. The summed E-state index contributed by atoms with van der Waals surface area (Å²) >= 11 is 2.17. The van der Waals surface area contributed by atoms with Crippen molar-refractivity contribution in [2.75, 3.05) is 5.75 Å². The van der Waals surface area contributed by atoms with Gasteiger partial charge in [-0.2, -0.15) is 11.8 Å². The Morgan fingerprint density at radius 1 is 1.25 bits per heavy atom. The number of rotatable bonds is 0. The largest absolute Gasteiger partial charge is 0.158 e. The highest BCUT2D eigenvalue weighted by Gasteiger charge is 2.35. The fraction of sp³-hybridized carbons (Fsp3) is 0.455. The Morgan fingerprint density at radius 3 is 3.17 bits per heavy atom. The maximum atomic E-state index is 2.33. The highest BCUT2D eigenvalue weighted by atomic mass is 32.2. The molecule has 0 amide bonds. The summed E-state index contributed by atoms with van der Waals surface area (Å²) in [6.45, 7) is 0. The average molecular weight is 176 g/mol. The van der Waals surface area contributed by atoms with Gasteiger partial charge in [0.05, 0.1) is 0 Å². The molecule has 0 saturated carbocycles. The molecular formula is C11H12S. The fourth-order valence-electron chi connectivity index (χ4n) is 2.50. The Bertz CT molecular complexity index is 306. The minimum Gasteiger partial charge on any atom is -0.158 e. The molecule has 1 heteroatoms. The van der Waals surface area contributed by atoms with Crippen LogP contribution in [0.4, 0.5) is 0 Å². The summed E-state index contributed by atoms with van der Waals surface area (Å²) in [5.41, 5.74) is 3.26. The lowest BCUT2D eigenvalue weighted by Gasteiger charge is -2.07. The molecule has 62 valence electrons. The van der Waals surface area contributed by atoms with Gasteiger partial charge in [-0.05, 0) is 35.6 Å². The number of hydrogen-bond acceptors (Lipinski definition) is 1. The normalized spacial score (nSPS) is 31.7. The summed E-state index contributed by atoms with van der Waals surface area (Å²) in [7, 11) is 0. The van der Waals surface area contributed by atoms with Crippen molar-refractivity contribution >= 4 is 11.8 Å². The summed E-state index contributed by atoms with van der Waals surface area (Å²) in [6.07, 6.45) is 2.73. The molecular weight excluding hydrogens is 164 g/mol. The molecule has 2 aliphatic rings. The van der Waals surface area contributed by atoms with Crippen LogP contribution in [0.1, 0.15) is 23.5 Å². The van der Waals surface area contributed by atoms with Crippen LogP contribution in [0.2, 0.25) is 0 Å². The van der Waals surface area contributed by atoms with Crippen molar-refractivity contribution in [3.8, 4) is 0 Å². The maximum Gasteiger partial charge on any atom is 0.0157 e. The molecule has 1 aromatic carbocycles. The van der Waals surface area contributed by atoms with Gasteiger partial charge < -0.3 is 0 Å². The molecule has 2 atom stereocenters. The third-order valence-electron chi connectivity index (χ3n) is 3.09. The summed E-state index contributed by atoms with van der Waals surface area (Å²) in [6, 6.07) is 8.98. The molecule has 0 radical (unpaired) electrons. The predicted octanol–water partition coefficient (Wildman–Crippen LogP) is 2.83.